The molecule has 1 unspecified atom stereocenters. The smallest absolute Gasteiger partial charge is 0.186 e. The lowest BCUT2D eigenvalue weighted by atomic mass is 9.94. The van der Waals surface area contributed by atoms with E-state index < -0.39 is 0 Å². The Kier molecular flexibility index (Phi) is 10.7. The molecule has 20 heavy (non-hydrogen) atoms. The van der Waals surface area contributed by atoms with E-state index in [4.69, 9.17) is 4.74 Å². The molecule has 0 saturated heterocycles. The number of rotatable bonds is 12. The van der Waals surface area contributed by atoms with E-state index in [1.807, 2.05) is 0 Å². The molecule has 0 aromatic heterocycles. The van der Waals surface area contributed by atoms with Crippen molar-refractivity contribution >= 4 is 5.90 Å². The second-order valence-corrected chi connectivity index (χ2v) is 6.17. The highest BCUT2D eigenvalue weighted by Gasteiger charge is 2.19. The molecule has 1 aliphatic rings. The fraction of sp³-hybridized carbons (Fsp3) is 0.944. The Morgan fingerprint density at radius 2 is 1.50 bits per heavy atom. The maximum atomic E-state index is 5.83. The summed E-state index contributed by atoms with van der Waals surface area (Å²) >= 11 is 0. The van der Waals surface area contributed by atoms with Crippen molar-refractivity contribution in [3.05, 3.63) is 0 Å². The second kappa shape index (κ2) is 12.2. The molecule has 1 aliphatic heterocycles. The van der Waals surface area contributed by atoms with Gasteiger partial charge in [0.15, 0.2) is 5.90 Å². The van der Waals surface area contributed by atoms with Gasteiger partial charge in [0.2, 0.25) is 0 Å². The third-order valence-corrected chi connectivity index (χ3v) is 4.23. The lowest BCUT2D eigenvalue weighted by Crippen LogP contribution is -2.23. The van der Waals surface area contributed by atoms with Crippen LogP contribution in [-0.4, -0.2) is 19.0 Å². The highest BCUT2D eigenvalue weighted by molar-refractivity contribution is 5.79. The van der Waals surface area contributed by atoms with Crippen LogP contribution in [0, 0.1) is 5.92 Å². The van der Waals surface area contributed by atoms with Gasteiger partial charge in [-0.25, -0.2) is 0 Å². The molecule has 0 amide bonds. The molecule has 0 spiro atoms. The molecule has 118 valence electrons. The standard InChI is InChI=1S/C18H35NO/c1-3-5-7-9-11-14-17(13-10-8-6-4-2)18-19-15-12-16-20-18/h17H,3-16H2,1-2H3. The van der Waals surface area contributed by atoms with Gasteiger partial charge < -0.3 is 4.74 Å². The van der Waals surface area contributed by atoms with Crippen LogP contribution >= 0.6 is 0 Å². The van der Waals surface area contributed by atoms with Crippen LogP contribution in [0.2, 0.25) is 0 Å². The van der Waals surface area contributed by atoms with Crippen LogP contribution in [0.4, 0.5) is 0 Å². The Morgan fingerprint density at radius 1 is 0.900 bits per heavy atom. The number of nitrogens with zero attached hydrogens (tertiary/aromatic N) is 1. The van der Waals surface area contributed by atoms with E-state index in [0.717, 1.165) is 25.5 Å². The van der Waals surface area contributed by atoms with E-state index in [2.05, 4.69) is 18.8 Å². The molecule has 1 heterocycles. The monoisotopic (exact) mass is 281 g/mol. The minimum atomic E-state index is 0.605. The van der Waals surface area contributed by atoms with Gasteiger partial charge in [-0.3, -0.25) is 4.99 Å². The molecule has 0 bridgehead atoms. The molecule has 0 fully saturated rings. The Labute approximate surface area is 126 Å². The summed E-state index contributed by atoms with van der Waals surface area (Å²) in [6.45, 7) is 6.43. The normalized spacial score (nSPS) is 16.6. The first kappa shape index (κ1) is 17.5. The Hall–Kier alpha value is -0.530. The summed E-state index contributed by atoms with van der Waals surface area (Å²) in [5.41, 5.74) is 0. The maximum Gasteiger partial charge on any atom is 0.186 e. The van der Waals surface area contributed by atoms with Crippen molar-refractivity contribution in [1.82, 2.24) is 0 Å². The number of unbranched alkanes of at least 4 members (excludes halogenated alkanes) is 7. The van der Waals surface area contributed by atoms with Crippen molar-refractivity contribution in [2.75, 3.05) is 13.2 Å². The first-order valence-corrected chi connectivity index (χ1v) is 9.05. The third kappa shape index (κ3) is 7.91. The first-order chi connectivity index (χ1) is 9.88. The van der Waals surface area contributed by atoms with Gasteiger partial charge >= 0.3 is 0 Å². The van der Waals surface area contributed by atoms with Crippen LogP contribution in [0.15, 0.2) is 4.99 Å². The van der Waals surface area contributed by atoms with E-state index in [-0.39, 0.29) is 0 Å². The molecule has 0 saturated carbocycles. The molecule has 1 atom stereocenters. The van der Waals surface area contributed by atoms with Crippen molar-refractivity contribution in [3.63, 3.8) is 0 Å². The number of aliphatic imine (C=N–C) groups is 1. The van der Waals surface area contributed by atoms with Crippen molar-refractivity contribution in [1.29, 1.82) is 0 Å². The Morgan fingerprint density at radius 3 is 2.05 bits per heavy atom. The average Bonchev–Trinajstić information content (AvgIpc) is 2.50. The fourth-order valence-electron chi connectivity index (χ4n) is 2.93. The minimum absolute atomic E-state index is 0.605. The van der Waals surface area contributed by atoms with Gasteiger partial charge in [0.1, 0.15) is 0 Å². The molecule has 0 aromatic rings. The van der Waals surface area contributed by atoms with Crippen LogP contribution in [0.25, 0.3) is 0 Å². The van der Waals surface area contributed by atoms with E-state index in [0.29, 0.717) is 5.92 Å². The van der Waals surface area contributed by atoms with Crippen LogP contribution in [-0.2, 0) is 4.74 Å². The van der Waals surface area contributed by atoms with Crippen LogP contribution < -0.4 is 0 Å². The van der Waals surface area contributed by atoms with Crippen LogP contribution in [0.5, 0.6) is 0 Å². The van der Waals surface area contributed by atoms with Gasteiger partial charge in [-0.1, -0.05) is 71.6 Å². The summed E-state index contributed by atoms with van der Waals surface area (Å²) in [6.07, 6.45) is 15.9. The topological polar surface area (TPSA) is 21.6 Å². The van der Waals surface area contributed by atoms with E-state index in [1.165, 1.54) is 70.6 Å². The predicted molar refractivity (Wildman–Crippen MR) is 88.5 cm³/mol. The zero-order valence-corrected chi connectivity index (χ0v) is 13.8. The van der Waals surface area contributed by atoms with Crippen molar-refractivity contribution in [3.8, 4) is 0 Å². The van der Waals surface area contributed by atoms with Gasteiger partial charge in [0.05, 0.1) is 6.61 Å². The molecule has 0 radical (unpaired) electrons. The van der Waals surface area contributed by atoms with E-state index >= 15 is 0 Å². The second-order valence-electron chi connectivity index (χ2n) is 6.17. The summed E-state index contributed by atoms with van der Waals surface area (Å²) in [4.78, 5) is 4.64. The SMILES string of the molecule is CCCCCCCC(CCCCCC)C1=NCCCO1. The molecule has 0 N–H and O–H groups in total. The zero-order valence-electron chi connectivity index (χ0n) is 13.8. The summed E-state index contributed by atoms with van der Waals surface area (Å²) in [6, 6.07) is 0. The van der Waals surface area contributed by atoms with Crippen molar-refractivity contribution in [2.24, 2.45) is 10.9 Å². The molecule has 1 rings (SSSR count). The van der Waals surface area contributed by atoms with Gasteiger partial charge in [-0.05, 0) is 12.8 Å². The quantitative estimate of drug-likeness (QED) is 0.417. The molecular formula is C18H35NO. The molecule has 2 nitrogen and oxygen atoms in total. The van der Waals surface area contributed by atoms with Crippen molar-refractivity contribution < 1.29 is 4.74 Å². The third-order valence-electron chi connectivity index (χ3n) is 4.23. The van der Waals surface area contributed by atoms with E-state index in [1.54, 1.807) is 0 Å². The molecule has 0 aliphatic carbocycles. The predicted octanol–water partition coefficient (Wildman–Crippen LogP) is 5.75. The molecular weight excluding hydrogens is 246 g/mol. The molecule has 0 aromatic carbocycles. The van der Waals surface area contributed by atoms with Gasteiger partial charge in [-0.15, -0.1) is 0 Å². The summed E-state index contributed by atoms with van der Waals surface area (Å²) < 4.78 is 5.83. The summed E-state index contributed by atoms with van der Waals surface area (Å²) in [5, 5.41) is 0. The summed E-state index contributed by atoms with van der Waals surface area (Å²) in [5.74, 6) is 1.69. The number of ether oxygens (including phenoxy) is 1. The lowest BCUT2D eigenvalue weighted by Gasteiger charge is -2.22. The highest BCUT2D eigenvalue weighted by atomic mass is 16.5. The maximum absolute atomic E-state index is 5.83. The first-order valence-electron chi connectivity index (χ1n) is 9.05. The van der Waals surface area contributed by atoms with E-state index in [9.17, 15) is 0 Å². The Bertz CT molecular complexity index is 250. The van der Waals surface area contributed by atoms with Crippen LogP contribution in [0.3, 0.4) is 0 Å². The van der Waals surface area contributed by atoms with Gasteiger partial charge in [0, 0.05) is 18.9 Å². The fourth-order valence-corrected chi connectivity index (χ4v) is 2.93. The Balaban J connectivity index is 2.28. The van der Waals surface area contributed by atoms with Gasteiger partial charge in [0.25, 0.3) is 0 Å². The lowest BCUT2D eigenvalue weighted by molar-refractivity contribution is 0.250. The molecule has 2 heteroatoms. The van der Waals surface area contributed by atoms with Crippen LogP contribution in [0.1, 0.15) is 90.9 Å². The highest BCUT2D eigenvalue weighted by Crippen LogP contribution is 2.22. The number of hydrogen-bond donors (Lipinski definition) is 0. The minimum Gasteiger partial charge on any atom is -0.481 e. The van der Waals surface area contributed by atoms with Crippen molar-refractivity contribution in [2.45, 2.75) is 90.9 Å². The zero-order chi connectivity index (χ0) is 14.5. The number of hydrogen-bond acceptors (Lipinski definition) is 2. The largest absolute Gasteiger partial charge is 0.481 e. The van der Waals surface area contributed by atoms with Gasteiger partial charge in [-0.2, -0.15) is 0 Å². The average molecular weight is 281 g/mol. The summed E-state index contributed by atoms with van der Waals surface area (Å²) in [7, 11) is 0.